The van der Waals surface area contributed by atoms with E-state index >= 15 is 0 Å². The van der Waals surface area contributed by atoms with Gasteiger partial charge in [-0.1, -0.05) is 36.8 Å². The van der Waals surface area contributed by atoms with Gasteiger partial charge in [-0.3, -0.25) is 0 Å². The molecule has 2 nitrogen and oxygen atoms in total. The Kier molecular flexibility index (Phi) is 3.81. The lowest BCUT2D eigenvalue weighted by molar-refractivity contribution is 0.139. The van der Waals surface area contributed by atoms with Gasteiger partial charge in [0.05, 0.1) is 11.5 Å². The summed E-state index contributed by atoms with van der Waals surface area (Å²) in [6.07, 6.45) is 4.46. The van der Waals surface area contributed by atoms with Gasteiger partial charge in [0.1, 0.15) is 0 Å². The third-order valence-electron chi connectivity index (χ3n) is 3.75. The molecule has 1 fully saturated rings. The fraction of sp³-hybridized carbons (Fsp3) is 0.533. The van der Waals surface area contributed by atoms with Gasteiger partial charge in [-0.25, -0.2) is 0 Å². The molecule has 0 heterocycles. The second-order valence-electron chi connectivity index (χ2n) is 5.22. The monoisotopic (exact) mass is 228 g/mol. The van der Waals surface area contributed by atoms with Crippen molar-refractivity contribution in [1.82, 2.24) is 4.90 Å². The van der Waals surface area contributed by atoms with E-state index in [4.69, 9.17) is 0 Å². The van der Waals surface area contributed by atoms with Gasteiger partial charge in [-0.2, -0.15) is 5.26 Å². The fourth-order valence-corrected chi connectivity index (χ4v) is 2.47. The van der Waals surface area contributed by atoms with Crippen LogP contribution in [0.1, 0.15) is 24.8 Å². The fourth-order valence-electron chi connectivity index (χ4n) is 2.47. The average Bonchev–Trinajstić information content (AvgIpc) is 2.33. The molecule has 0 atom stereocenters. The second kappa shape index (κ2) is 5.33. The number of nitriles is 1. The van der Waals surface area contributed by atoms with Crippen molar-refractivity contribution in [1.29, 1.82) is 5.26 Å². The normalized spacial score (nSPS) is 17.5. The maximum Gasteiger partial charge on any atom is 0.0703 e. The van der Waals surface area contributed by atoms with Crippen LogP contribution in [0.4, 0.5) is 0 Å². The van der Waals surface area contributed by atoms with Crippen LogP contribution in [-0.4, -0.2) is 25.0 Å². The van der Waals surface area contributed by atoms with Gasteiger partial charge in [0.25, 0.3) is 0 Å². The minimum Gasteiger partial charge on any atom is -0.304 e. The first-order valence-electron chi connectivity index (χ1n) is 6.38. The number of nitrogens with zero attached hydrogens (tertiary/aromatic N) is 2. The van der Waals surface area contributed by atoms with E-state index in [1.165, 1.54) is 12.0 Å². The molecule has 2 rings (SSSR count). The molecule has 0 unspecified atom stereocenters. The molecule has 0 saturated heterocycles. The quantitative estimate of drug-likeness (QED) is 0.775. The molecule has 1 aliphatic carbocycles. The number of likely N-dealkylation sites (N-methyl/N-ethyl adjacent to an activating group) is 1. The second-order valence-corrected chi connectivity index (χ2v) is 5.22. The van der Waals surface area contributed by atoms with E-state index in [2.05, 4.69) is 42.3 Å². The molecule has 0 aliphatic heterocycles. The minimum atomic E-state index is -0.0363. The summed E-state index contributed by atoms with van der Waals surface area (Å²) in [4.78, 5) is 2.30. The molecule has 17 heavy (non-hydrogen) atoms. The van der Waals surface area contributed by atoms with E-state index < -0.39 is 0 Å². The van der Waals surface area contributed by atoms with Gasteiger partial charge in [0, 0.05) is 13.1 Å². The lowest BCUT2D eigenvalue weighted by atomic mass is 9.69. The zero-order chi connectivity index (χ0) is 12.1. The van der Waals surface area contributed by atoms with Crippen molar-refractivity contribution in [3.8, 4) is 6.07 Å². The maximum atomic E-state index is 9.19. The van der Waals surface area contributed by atoms with Gasteiger partial charge in [0.2, 0.25) is 0 Å². The minimum absolute atomic E-state index is 0.0363. The Balaban J connectivity index is 1.78. The van der Waals surface area contributed by atoms with Crippen molar-refractivity contribution in [3.63, 3.8) is 0 Å². The van der Waals surface area contributed by atoms with Gasteiger partial charge >= 0.3 is 0 Å². The highest BCUT2D eigenvalue weighted by molar-refractivity contribution is 5.15. The van der Waals surface area contributed by atoms with Crippen LogP contribution in [0.25, 0.3) is 0 Å². The highest BCUT2D eigenvalue weighted by Gasteiger charge is 2.37. The Hall–Kier alpha value is -1.33. The van der Waals surface area contributed by atoms with Crippen molar-refractivity contribution in [2.45, 2.75) is 25.7 Å². The summed E-state index contributed by atoms with van der Waals surface area (Å²) in [5, 5.41) is 9.19. The lowest BCUT2D eigenvalue weighted by Gasteiger charge is -2.38. The summed E-state index contributed by atoms with van der Waals surface area (Å²) in [7, 11) is 2.13. The standard InChI is InChI=1S/C15H20N2/c1-17(13-15(12-16)9-5-10-15)11-8-14-6-3-2-4-7-14/h2-4,6-7H,5,8-11,13H2,1H3. The van der Waals surface area contributed by atoms with Crippen LogP contribution in [0.5, 0.6) is 0 Å². The smallest absolute Gasteiger partial charge is 0.0703 e. The predicted octanol–water partition coefficient (Wildman–Crippen LogP) is 2.85. The van der Waals surface area contributed by atoms with Crippen LogP contribution >= 0.6 is 0 Å². The van der Waals surface area contributed by atoms with E-state index in [9.17, 15) is 5.26 Å². The van der Waals surface area contributed by atoms with Crippen LogP contribution < -0.4 is 0 Å². The molecule has 1 aromatic rings. The average molecular weight is 228 g/mol. The maximum absolute atomic E-state index is 9.19. The largest absolute Gasteiger partial charge is 0.304 e. The number of rotatable bonds is 5. The Labute approximate surface area is 104 Å². The van der Waals surface area contributed by atoms with Crippen LogP contribution in [-0.2, 0) is 6.42 Å². The van der Waals surface area contributed by atoms with Crippen molar-refractivity contribution in [2.75, 3.05) is 20.1 Å². The number of benzene rings is 1. The molecule has 0 amide bonds. The zero-order valence-electron chi connectivity index (χ0n) is 10.5. The molecule has 1 aromatic carbocycles. The first-order chi connectivity index (χ1) is 8.24. The van der Waals surface area contributed by atoms with E-state index in [-0.39, 0.29) is 5.41 Å². The van der Waals surface area contributed by atoms with E-state index in [1.54, 1.807) is 0 Å². The topological polar surface area (TPSA) is 27.0 Å². The Bertz CT molecular complexity index is 387. The molecule has 0 spiro atoms. The van der Waals surface area contributed by atoms with Crippen molar-refractivity contribution in [2.24, 2.45) is 5.41 Å². The summed E-state index contributed by atoms with van der Waals surface area (Å²) in [5.41, 5.74) is 1.34. The highest BCUT2D eigenvalue weighted by Crippen LogP contribution is 2.40. The van der Waals surface area contributed by atoms with Crippen LogP contribution in [0.3, 0.4) is 0 Å². The summed E-state index contributed by atoms with van der Waals surface area (Å²) >= 11 is 0. The summed E-state index contributed by atoms with van der Waals surface area (Å²) in [5.74, 6) is 0. The van der Waals surface area contributed by atoms with Crippen LogP contribution in [0.2, 0.25) is 0 Å². The first kappa shape index (κ1) is 12.1. The predicted molar refractivity (Wildman–Crippen MR) is 69.5 cm³/mol. The van der Waals surface area contributed by atoms with Crippen molar-refractivity contribution < 1.29 is 0 Å². The zero-order valence-corrected chi connectivity index (χ0v) is 10.5. The van der Waals surface area contributed by atoms with Crippen molar-refractivity contribution >= 4 is 0 Å². The van der Waals surface area contributed by atoms with Crippen LogP contribution in [0, 0.1) is 16.7 Å². The third kappa shape index (κ3) is 3.08. The summed E-state index contributed by atoms with van der Waals surface area (Å²) in [6, 6.07) is 13.0. The molecule has 1 aliphatic rings. The Morgan fingerprint density at radius 2 is 2.00 bits per heavy atom. The molecule has 0 N–H and O–H groups in total. The molecule has 90 valence electrons. The number of hydrogen-bond acceptors (Lipinski definition) is 2. The van der Waals surface area contributed by atoms with Gasteiger partial charge in [0.15, 0.2) is 0 Å². The Morgan fingerprint density at radius 1 is 1.29 bits per heavy atom. The van der Waals surface area contributed by atoms with Gasteiger partial charge < -0.3 is 4.90 Å². The highest BCUT2D eigenvalue weighted by atomic mass is 15.1. The molecular weight excluding hydrogens is 208 g/mol. The molecule has 0 aromatic heterocycles. The summed E-state index contributed by atoms with van der Waals surface area (Å²) in [6.45, 7) is 1.96. The van der Waals surface area contributed by atoms with Crippen LogP contribution in [0.15, 0.2) is 30.3 Å². The molecule has 0 bridgehead atoms. The van der Waals surface area contributed by atoms with Gasteiger partial charge in [-0.05, 0) is 31.9 Å². The summed E-state index contributed by atoms with van der Waals surface area (Å²) < 4.78 is 0. The van der Waals surface area contributed by atoms with E-state index in [0.717, 1.165) is 32.4 Å². The Morgan fingerprint density at radius 3 is 2.53 bits per heavy atom. The molecule has 0 radical (unpaired) electrons. The molecule has 1 saturated carbocycles. The number of hydrogen-bond donors (Lipinski definition) is 0. The van der Waals surface area contributed by atoms with E-state index in [0.29, 0.717) is 0 Å². The SMILES string of the molecule is CN(CCc1ccccc1)CC1(C#N)CCC1. The van der Waals surface area contributed by atoms with Crippen molar-refractivity contribution in [3.05, 3.63) is 35.9 Å². The van der Waals surface area contributed by atoms with Gasteiger partial charge in [-0.15, -0.1) is 0 Å². The first-order valence-corrected chi connectivity index (χ1v) is 6.38. The molecule has 2 heteroatoms. The molecular formula is C15H20N2. The lowest BCUT2D eigenvalue weighted by Crippen LogP contribution is -2.40. The van der Waals surface area contributed by atoms with E-state index in [1.807, 2.05) is 6.07 Å². The third-order valence-corrected chi connectivity index (χ3v) is 3.75.